The predicted molar refractivity (Wildman–Crippen MR) is 71.5 cm³/mol. The first-order chi connectivity index (χ1) is 8.34. The van der Waals surface area contributed by atoms with Crippen LogP contribution in [0.25, 0.3) is 0 Å². The Morgan fingerprint density at radius 3 is 2.61 bits per heavy atom. The lowest BCUT2D eigenvalue weighted by Gasteiger charge is -2.11. The van der Waals surface area contributed by atoms with Crippen molar-refractivity contribution in [1.82, 2.24) is 0 Å². The molecule has 0 spiro atoms. The molecule has 1 rings (SSSR count). The molecule has 0 saturated carbocycles. The van der Waals surface area contributed by atoms with Gasteiger partial charge in [-0.2, -0.15) is 0 Å². The fourth-order valence-corrected chi connectivity index (χ4v) is 2.72. The van der Waals surface area contributed by atoms with Crippen LogP contribution in [0, 0.1) is 5.92 Å². The molecule has 5 nitrogen and oxygen atoms in total. The average Bonchev–Trinajstić information content (AvgIpc) is 2.29. The van der Waals surface area contributed by atoms with E-state index < -0.39 is 10.0 Å². The molecule has 0 radical (unpaired) electrons. The number of ether oxygens (including phenoxy) is 1. The van der Waals surface area contributed by atoms with Gasteiger partial charge in [0.25, 0.3) is 0 Å². The van der Waals surface area contributed by atoms with E-state index >= 15 is 0 Å². The molecule has 18 heavy (non-hydrogen) atoms. The topological polar surface area (TPSA) is 75.6 Å². The summed E-state index contributed by atoms with van der Waals surface area (Å²) in [6.07, 6.45) is 0.570. The summed E-state index contributed by atoms with van der Waals surface area (Å²) in [4.78, 5) is 0. The molecule has 0 aliphatic carbocycles. The number of phenols is 1. The van der Waals surface area contributed by atoms with Gasteiger partial charge in [0.2, 0.25) is 10.0 Å². The second-order valence-electron chi connectivity index (χ2n) is 4.49. The number of phenolic OH excluding ortho intramolecular Hbond substituents is 1. The molecule has 0 saturated heterocycles. The van der Waals surface area contributed by atoms with Gasteiger partial charge in [0.1, 0.15) is 11.5 Å². The third-order valence-corrected chi connectivity index (χ3v) is 3.74. The van der Waals surface area contributed by atoms with Gasteiger partial charge in [-0.25, -0.2) is 8.42 Å². The van der Waals surface area contributed by atoms with E-state index in [0.717, 1.165) is 0 Å². The van der Waals surface area contributed by atoms with E-state index in [1.54, 1.807) is 6.07 Å². The highest BCUT2D eigenvalue weighted by Gasteiger charge is 2.14. The molecule has 0 atom stereocenters. The SMILES string of the molecule is COc1ccc(O)c(NS(=O)(=O)CCC(C)C)c1. The number of methoxy groups -OCH3 is 1. The molecule has 2 N–H and O–H groups in total. The quantitative estimate of drug-likeness (QED) is 0.779. The Hall–Kier alpha value is -1.43. The number of nitrogens with one attached hydrogen (secondary N) is 1. The van der Waals surface area contributed by atoms with E-state index in [1.807, 2.05) is 13.8 Å². The first-order valence-corrected chi connectivity index (χ1v) is 7.37. The van der Waals surface area contributed by atoms with E-state index in [9.17, 15) is 13.5 Å². The van der Waals surface area contributed by atoms with E-state index in [-0.39, 0.29) is 17.2 Å². The summed E-state index contributed by atoms with van der Waals surface area (Å²) in [6.45, 7) is 3.91. The van der Waals surface area contributed by atoms with Crippen LogP contribution in [-0.4, -0.2) is 26.4 Å². The summed E-state index contributed by atoms with van der Waals surface area (Å²) in [5, 5.41) is 9.59. The Kier molecular flexibility index (Phi) is 4.84. The van der Waals surface area contributed by atoms with Gasteiger partial charge in [-0.3, -0.25) is 4.72 Å². The number of sulfonamides is 1. The Morgan fingerprint density at radius 1 is 1.39 bits per heavy atom. The normalized spacial score (nSPS) is 11.6. The first kappa shape index (κ1) is 14.6. The van der Waals surface area contributed by atoms with E-state index in [0.29, 0.717) is 18.1 Å². The largest absolute Gasteiger partial charge is 0.506 e. The van der Waals surface area contributed by atoms with Crippen molar-refractivity contribution < 1.29 is 18.3 Å². The fourth-order valence-electron chi connectivity index (χ4n) is 1.33. The minimum absolute atomic E-state index is 0.0291. The maximum Gasteiger partial charge on any atom is 0.232 e. The molecule has 1 aromatic rings. The molecule has 102 valence electrons. The zero-order chi connectivity index (χ0) is 13.8. The molecule has 0 unspecified atom stereocenters. The Balaban J connectivity index is 2.83. The van der Waals surface area contributed by atoms with Crippen LogP contribution in [0.4, 0.5) is 5.69 Å². The maximum absolute atomic E-state index is 11.8. The molecule has 0 bridgehead atoms. The van der Waals surface area contributed by atoms with Crippen LogP contribution in [0.5, 0.6) is 11.5 Å². The molecule has 0 aliphatic rings. The van der Waals surface area contributed by atoms with Gasteiger partial charge in [0.15, 0.2) is 0 Å². The lowest BCUT2D eigenvalue weighted by Crippen LogP contribution is -2.18. The van der Waals surface area contributed by atoms with Crippen LogP contribution >= 0.6 is 0 Å². The third-order valence-electron chi connectivity index (χ3n) is 2.43. The van der Waals surface area contributed by atoms with Crippen molar-refractivity contribution in [3.63, 3.8) is 0 Å². The van der Waals surface area contributed by atoms with E-state index in [4.69, 9.17) is 4.74 Å². The molecule has 0 heterocycles. The van der Waals surface area contributed by atoms with Gasteiger partial charge in [-0.15, -0.1) is 0 Å². The number of anilines is 1. The predicted octanol–water partition coefficient (Wildman–Crippen LogP) is 2.19. The lowest BCUT2D eigenvalue weighted by molar-refractivity contribution is 0.413. The number of hydrogen-bond acceptors (Lipinski definition) is 4. The summed E-state index contributed by atoms with van der Waals surface area (Å²) >= 11 is 0. The molecule has 0 aliphatic heterocycles. The highest BCUT2D eigenvalue weighted by atomic mass is 32.2. The summed E-state index contributed by atoms with van der Waals surface area (Å²) in [5.74, 6) is 0.695. The van der Waals surface area contributed by atoms with Gasteiger partial charge in [0, 0.05) is 6.07 Å². The Bertz CT molecular complexity index is 497. The fraction of sp³-hybridized carbons (Fsp3) is 0.500. The van der Waals surface area contributed by atoms with Crippen LogP contribution in [0.1, 0.15) is 20.3 Å². The molecule has 1 aromatic carbocycles. The number of hydrogen-bond donors (Lipinski definition) is 2. The van der Waals surface area contributed by atoms with Crippen LogP contribution in [-0.2, 0) is 10.0 Å². The van der Waals surface area contributed by atoms with E-state index in [2.05, 4.69) is 4.72 Å². The van der Waals surface area contributed by atoms with Gasteiger partial charge >= 0.3 is 0 Å². The minimum Gasteiger partial charge on any atom is -0.506 e. The second-order valence-corrected chi connectivity index (χ2v) is 6.33. The van der Waals surface area contributed by atoms with Crippen molar-refractivity contribution in [3.8, 4) is 11.5 Å². The Morgan fingerprint density at radius 2 is 2.06 bits per heavy atom. The lowest BCUT2D eigenvalue weighted by atomic mass is 10.2. The smallest absolute Gasteiger partial charge is 0.232 e. The molecule has 0 aromatic heterocycles. The molecule has 6 heteroatoms. The molecule has 0 amide bonds. The van der Waals surface area contributed by atoms with E-state index in [1.165, 1.54) is 19.2 Å². The van der Waals surface area contributed by atoms with Crippen LogP contribution < -0.4 is 9.46 Å². The summed E-state index contributed by atoms with van der Waals surface area (Å²) < 4.78 is 30.9. The van der Waals surface area contributed by atoms with Gasteiger partial charge in [-0.05, 0) is 24.5 Å². The van der Waals surface area contributed by atoms with Gasteiger partial charge in [0.05, 0.1) is 18.6 Å². The van der Waals surface area contributed by atoms with Crippen LogP contribution in [0.15, 0.2) is 18.2 Å². The maximum atomic E-state index is 11.8. The summed E-state index contributed by atoms with van der Waals surface area (Å²) in [6, 6.07) is 4.39. The van der Waals surface area contributed by atoms with Crippen molar-refractivity contribution in [2.75, 3.05) is 17.6 Å². The zero-order valence-electron chi connectivity index (χ0n) is 10.8. The number of rotatable bonds is 6. The summed E-state index contributed by atoms with van der Waals surface area (Å²) in [5.41, 5.74) is 0.137. The van der Waals surface area contributed by atoms with Crippen molar-refractivity contribution in [1.29, 1.82) is 0 Å². The first-order valence-electron chi connectivity index (χ1n) is 5.71. The zero-order valence-corrected chi connectivity index (χ0v) is 11.6. The summed E-state index contributed by atoms with van der Waals surface area (Å²) in [7, 11) is -1.97. The standard InChI is InChI=1S/C12H19NO4S/c1-9(2)6-7-18(15,16)13-11-8-10(17-3)4-5-12(11)14/h4-5,8-9,13-14H,6-7H2,1-3H3. The Labute approximate surface area is 108 Å². The van der Waals surface area contributed by atoms with Crippen LogP contribution in [0.3, 0.4) is 0 Å². The average molecular weight is 273 g/mol. The number of benzene rings is 1. The highest BCUT2D eigenvalue weighted by molar-refractivity contribution is 7.92. The van der Waals surface area contributed by atoms with Crippen molar-refractivity contribution in [2.24, 2.45) is 5.92 Å². The second kappa shape index (κ2) is 5.95. The minimum atomic E-state index is -3.44. The molecular weight excluding hydrogens is 254 g/mol. The molecule has 0 fully saturated rings. The van der Waals surface area contributed by atoms with Crippen molar-refractivity contribution >= 4 is 15.7 Å². The highest BCUT2D eigenvalue weighted by Crippen LogP contribution is 2.28. The van der Waals surface area contributed by atoms with Crippen LogP contribution in [0.2, 0.25) is 0 Å². The van der Waals surface area contributed by atoms with Crippen molar-refractivity contribution in [3.05, 3.63) is 18.2 Å². The monoisotopic (exact) mass is 273 g/mol. The van der Waals surface area contributed by atoms with Gasteiger partial charge < -0.3 is 9.84 Å². The van der Waals surface area contributed by atoms with Gasteiger partial charge in [-0.1, -0.05) is 13.8 Å². The number of aromatic hydroxyl groups is 1. The van der Waals surface area contributed by atoms with Crippen molar-refractivity contribution in [2.45, 2.75) is 20.3 Å². The molecular formula is C12H19NO4S. The third kappa shape index (κ3) is 4.44.